The summed E-state index contributed by atoms with van der Waals surface area (Å²) in [5.74, 6) is 1.34. The molecule has 1 aromatic heterocycles. The first kappa shape index (κ1) is 18.3. The number of pyridine rings is 1. The molecule has 28 heavy (non-hydrogen) atoms. The molecule has 2 aromatic rings. The van der Waals surface area contributed by atoms with Crippen LogP contribution in [0.1, 0.15) is 43.0 Å². The summed E-state index contributed by atoms with van der Waals surface area (Å²) in [6.45, 7) is 3.75. The van der Waals surface area contributed by atoms with Crippen LogP contribution in [0, 0.1) is 17.2 Å². The van der Waals surface area contributed by atoms with Crippen molar-refractivity contribution in [2.24, 2.45) is 5.92 Å². The van der Waals surface area contributed by atoms with E-state index in [9.17, 15) is 10.1 Å². The van der Waals surface area contributed by atoms with Crippen LogP contribution < -0.4 is 10.5 Å². The Bertz CT molecular complexity index is 960. The van der Waals surface area contributed by atoms with Crippen LogP contribution in [0.2, 0.25) is 0 Å². The minimum Gasteiger partial charge on any atom is -0.493 e. The fourth-order valence-electron chi connectivity index (χ4n) is 3.78. The molecule has 0 radical (unpaired) electrons. The summed E-state index contributed by atoms with van der Waals surface area (Å²) in [5.41, 5.74) is 9.87. The Kier molecular flexibility index (Phi) is 4.91. The van der Waals surface area contributed by atoms with Crippen molar-refractivity contribution in [3.05, 3.63) is 41.1 Å². The van der Waals surface area contributed by atoms with Gasteiger partial charge in [0, 0.05) is 42.1 Å². The summed E-state index contributed by atoms with van der Waals surface area (Å²) >= 11 is 0. The maximum absolute atomic E-state index is 12.6. The molecule has 0 bridgehead atoms. The molecule has 1 aromatic carbocycles. The van der Waals surface area contributed by atoms with Gasteiger partial charge in [0.25, 0.3) is 0 Å². The summed E-state index contributed by atoms with van der Waals surface area (Å²) in [6.07, 6.45) is 3.49. The molecular formula is C22H24N4O2. The quantitative estimate of drug-likeness (QED) is 0.864. The molecule has 144 valence electrons. The molecule has 0 spiro atoms. The molecule has 2 aliphatic rings. The number of fused-ring (bicyclic) bond motifs is 1. The number of ether oxygens (including phenoxy) is 1. The number of anilines is 1. The Morgan fingerprint density at radius 2 is 2.18 bits per heavy atom. The smallest absolute Gasteiger partial charge is 0.225 e. The second-order valence-electron chi connectivity index (χ2n) is 7.41. The van der Waals surface area contributed by atoms with Crippen molar-refractivity contribution >= 4 is 11.7 Å². The molecule has 0 saturated heterocycles. The van der Waals surface area contributed by atoms with Gasteiger partial charge in [-0.1, -0.05) is 25.1 Å². The lowest BCUT2D eigenvalue weighted by Crippen LogP contribution is -2.37. The van der Waals surface area contributed by atoms with Crippen molar-refractivity contribution in [3.63, 3.8) is 0 Å². The largest absolute Gasteiger partial charge is 0.493 e. The lowest BCUT2D eigenvalue weighted by Gasteiger charge is -2.31. The minimum absolute atomic E-state index is 0.169. The number of benzene rings is 1. The van der Waals surface area contributed by atoms with Crippen LogP contribution in [0.4, 0.5) is 5.82 Å². The molecule has 1 aliphatic carbocycles. The number of rotatable bonds is 5. The zero-order chi connectivity index (χ0) is 19.7. The van der Waals surface area contributed by atoms with Gasteiger partial charge in [0.2, 0.25) is 5.91 Å². The Morgan fingerprint density at radius 3 is 2.89 bits per heavy atom. The summed E-state index contributed by atoms with van der Waals surface area (Å²) in [4.78, 5) is 19.0. The summed E-state index contributed by atoms with van der Waals surface area (Å²) < 4.78 is 5.94. The van der Waals surface area contributed by atoms with Gasteiger partial charge in [0.15, 0.2) is 0 Å². The van der Waals surface area contributed by atoms with E-state index in [1.54, 1.807) is 0 Å². The third-order valence-electron chi connectivity index (χ3n) is 5.35. The van der Waals surface area contributed by atoms with E-state index in [1.807, 2.05) is 29.2 Å². The number of nitriles is 1. The molecule has 6 heteroatoms. The van der Waals surface area contributed by atoms with Crippen LogP contribution >= 0.6 is 0 Å². The van der Waals surface area contributed by atoms with Crippen LogP contribution in [0.5, 0.6) is 5.75 Å². The van der Waals surface area contributed by atoms with E-state index < -0.39 is 0 Å². The molecule has 1 saturated carbocycles. The second-order valence-corrected chi connectivity index (χ2v) is 7.41. The van der Waals surface area contributed by atoms with Gasteiger partial charge < -0.3 is 15.4 Å². The predicted octanol–water partition coefficient (Wildman–Crippen LogP) is 3.29. The highest BCUT2D eigenvalue weighted by Crippen LogP contribution is 2.40. The van der Waals surface area contributed by atoms with E-state index in [-0.39, 0.29) is 17.6 Å². The van der Waals surface area contributed by atoms with E-state index in [0.717, 1.165) is 47.4 Å². The molecule has 4 rings (SSSR count). The van der Waals surface area contributed by atoms with E-state index in [1.165, 1.54) is 0 Å². The maximum atomic E-state index is 12.6. The zero-order valence-electron chi connectivity index (χ0n) is 16.1. The maximum Gasteiger partial charge on any atom is 0.225 e. The van der Waals surface area contributed by atoms with Gasteiger partial charge in [0.1, 0.15) is 23.2 Å². The van der Waals surface area contributed by atoms with Crippen LogP contribution in [-0.4, -0.2) is 28.9 Å². The fraction of sp³-hybridized carbons (Fsp3) is 0.409. The number of carbonyl (C=O) groups excluding carboxylic acids is 1. The normalized spacial score (nSPS) is 15.6. The average Bonchev–Trinajstić information content (AvgIpc) is 3.56. The molecule has 1 fully saturated rings. The summed E-state index contributed by atoms with van der Waals surface area (Å²) in [7, 11) is 0. The van der Waals surface area contributed by atoms with Gasteiger partial charge in [0.05, 0.1) is 12.3 Å². The van der Waals surface area contributed by atoms with Crippen LogP contribution in [0.15, 0.2) is 24.3 Å². The monoisotopic (exact) mass is 376 g/mol. The number of amides is 1. The summed E-state index contributed by atoms with van der Waals surface area (Å²) in [5, 5.41) is 9.81. The molecular weight excluding hydrogens is 352 g/mol. The first-order valence-electron chi connectivity index (χ1n) is 9.86. The number of carbonyl (C=O) groups is 1. The third-order valence-corrected chi connectivity index (χ3v) is 5.35. The van der Waals surface area contributed by atoms with Crippen molar-refractivity contribution in [2.75, 3.05) is 18.9 Å². The molecule has 0 atom stereocenters. The van der Waals surface area contributed by atoms with E-state index in [0.29, 0.717) is 31.7 Å². The minimum atomic E-state index is 0.169. The van der Waals surface area contributed by atoms with Crippen molar-refractivity contribution in [3.8, 4) is 22.9 Å². The SMILES string of the molecule is CCCOc1ccccc1-c1c(C#N)c(N)nc2c1CN(C(=O)C1CC1)CC2. The Morgan fingerprint density at radius 1 is 1.39 bits per heavy atom. The highest BCUT2D eigenvalue weighted by Gasteiger charge is 2.36. The zero-order valence-corrected chi connectivity index (χ0v) is 16.1. The van der Waals surface area contributed by atoms with E-state index >= 15 is 0 Å². The number of hydrogen-bond acceptors (Lipinski definition) is 5. The van der Waals surface area contributed by atoms with Gasteiger partial charge >= 0.3 is 0 Å². The van der Waals surface area contributed by atoms with Crippen molar-refractivity contribution < 1.29 is 9.53 Å². The number of nitrogens with two attached hydrogens (primary N) is 1. The summed E-state index contributed by atoms with van der Waals surface area (Å²) in [6, 6.07) is 9.93. The lowest BCUT2D eigenvalue weighted by molar-refractivity contribution is -0.133. The number of nitrogen functional groups attached to an aromatic ring is 1. The van der Waals surface area contributed by atoms with Gasteiger partial charge in [-0.2, -0.15) is 5.26 Å². The third kappa shape index (κ3) is 3.29. The molecule has 1 aliphatic heterocycles. The number of hydrogen-bond donors (Lipinski definition) is 1. The number of para-hydroxylation sites is 1. The number of aromatic nitrogens is 1. The second kappa shape index (κ2) is 7.51. The van der Waals surface area contributed by atoms with Gasteiger partial charge in [-0.15, -0.1) is 0 Å². The standard InChI is InChI=1S/C22H24N4O2/c1-2-11-28-19-6-4-3-5-15(19)20-16(12-23)21(24)25-18-9-10-26(13-17(18)20)22(27)14-7-8-14/h3-6,14H,2,7-11,13H2,1H3,(H2,24,25). The lowest BCUT2D eigenvalue weighted by atomic mass is 9.90. The molecule has 0 unspecified atom stereocenters. The van der Waals surface area contributed by atoms with Crippen molar-refractivity contribution in [1.82, 2.24) is 9.88 Å². The average molecular weight is 376 g/mol. The predicted molar refractivity (Wildman–Crippen MR) is 106 cm³/mol. The van der Waals surface area contributed by atoms with Crippen LogP contribution in [-0.2, 0) is 17.8 Å². The first-order chi connectivity index (χ1) is 13.6. The van der Waals surface area contributed by atoms with Gasteiger partial charge in [-0.3, -0.25) is 4.79 Å². The number of nitrogens with zero attached hydrogens (tertiary/aromatic N) is 3. The molecule has 6 nitrogen and oxygen atoms in total. The van der Waals surface area contributed by atoms with Crippen molar-refractivity contribution in [2.45, 2.75) is 39.2 Å². The molecule has 2 heterocycles. The van der Waals surface area contributed by atoms with Crippen LogP contribution in [0.25, 0.3) is 11.1 Å². The van der Waals surface area contributed by atoms with Gasteiger partial charge in [-0.05, 0) is 25.3 Å². The molecule has 1 amide bonds. The Hall–Kier alpha value is -3.07. The Labute approximate surface area is 164 Å². The van der Waals surface area contributed by atoms with E-state index in [4.69, 9.17) is 10.5 Å². The topological polar surface area (TPSA) is 92.2 Å². The van der Waals surface area contributed by atoms with E-state index in [2.05, 4.69) is 18.0 Å². The van der Waals surface area contributed by atoms with Crippen LogP contribution in [0.3, 0.4) is 0 Å². The Balaban J connectivity index is 1.84. The first-order valence-corrected chi connectivity index (χ1v) is 9.86. The van der Waals surface area contributed by atoms with Gasteiger partial charge in [-0.25, -0.2) is 4.98 Å². The molecule has 2 N–H and O–H groups in total. The highest BCUT2D eigenvalue weighted by molar-refractivity contribution is 5.85. The van der Waals surface area contributed by atoms with Crippen molar-refractivity contribution in [1.29, 1.82) is 5.26 Å². The fourth-order valence-corrected chi connectivity index (χ4v) is 3.78. The highest BCUT2D eigenvalue weighted by atomic mass is 16.5.